The number of methoxy groups -OCH3 is 2. The van der Waals surface area contributed by atoms with E-state index in [1.807, 2.05) is 24.3 Å². The Morgan fingerprint density at radius 2 is 1.79 bits per heavy atom. The molecule has 0 aliphatic rings. The molecule has 2 N–H and O–H groups in total. The van der Waals surface area contributed by atoms with Crippen molar-refractivity contribution in [2.75, 3.05) is 26.1 Å². The van der Waals surface area contributed by atoms with E-state index in [0.29, 0.717) is 38.9 Å². The Kier molecular flexibility index (Phi) is 6.46. The molecule has 0 unspecified atom stereocenters. The maximum Gasteiger partial charge on any atom is 0.338 e. The summed E-state index contributed by atoms with van der Waals surface area (Å²) >= 11 is 5.96. The number of nitrogens with one attached hydrogen (secondary N) is 2. The molecule has 0 bridgehead atoms. The Morgan fingerprint density at radius 3 is 2.52 bits per heavy atom. The van der Waals surface area contributed by atoms with Gasteiger partial charge in [0.15, 0.2) is 6.61 Å². The standard InChI is InChI=1S/C24H20ClN3O5/c1-31-17-7-3-14(4-8-17)23-27-18-9-5-15(11-19(18)28-23)24(30)33-13-22(29)26-20-12-16(25)6-10-21(20)32-2/h3-12H,13H2,1-2H3,(H,26,29)(H,27,28). The van der Waals surface area contributed by atoms with Gasteiger partial charge in [-0.1, -0.05) is 11.6 Å². The Balaban J connectivity index is 1.42. The summed E-state index contributed by atoms with van der Waals surface area (Å²) in [6, 6.07) is 17.2. The molecule has 33 heavy (non-hydrogen) atoms. The molecule has 0 aliphatic carbocycles. The summed E-state index contributed by atoms with van der Waals surface area (Å²) in [7, 11) is 3.08. The second-order valence-corrected chi connectivity index (χ2v) is 7.45. The fourth-order valence-corrected chi connectivity index (χ4v) is 3.37. The second kappa shape index (κ2) is 9.62. The predicted molar refractivity (Wildman–Crippen MR) is 125 cm³/mol. The van der Waals surface area contributed by atoms with Gasteiger partial charge < -0.3 is 24.5 Å². The molecule has 0 saturated carbocycles. The van der Waals surface area contributed by atoms with E-state index in [1.54, 1.807) is 43.5 Å². The van der Waals surface area contributed by atoms with Gasteiger partial charge >= 0.3 is 5.97 Å². The number of carbonyl (C=O) groups excluding carboxylic acids is 2. The van der Waals surface area contributed by atoms with Crippen LogP contribution in [-0.4, -0.2) is 42.7 Å². The van der Waals surface area contributed by atoms with Crippen molar-refractivity contribution in [3.8, 4) is 22.9 Å². The van der Waals surface area contributed by atoms with Gasteiger partial charge in [0.25, 0.3) is 5.91 Å². The summed E-state index contributed by atoms with van der Waals surface area (Å²) in [5.74, 6) is 0.696. The van der Waals surface area contributed by atoms with E-state index >= 15 is 0 Å². The van der Waals surface area contributed by atoms with Crippen molar-refractivity contribution in [2.45, 2.75) is 0 Å². The quantitative estimate of drug-likeness (QED) is 0.384. The monoisotopic (exact) mass is 465 g/mol. The lowest BCUT2D eigenvalue weighted by molar-refractivity contribution is -0.119. The number of anilines is 1. The first-order valence-electron chi connectivity index (χ1n) is 9.91. The molecule has 168 valence electrons. The topological polar surface area (TPSA) is 103 Å². The minimum absolute atomic E-state index is 0.292. The molecule has 9 heteroatoms. The number of hydrogen-bond acceptors (Lipinski definition) is 6. The largest absolute Gasteiger partial charge is 0.497 e. The van der Waals surface area contributed by atoms with Gasteiger partial charge in [0.05, 0.1) is 36.5 Å². The normalized spacial score (nSPS) is 10.6. The van der Waals surface area contributed by atoms with Crippen molar-refractivity contribution in [3.63, 3.8) is 0 Å². The highest BCUT2D eigenvalue weighted by molar-refractivity contribution is 6.31. The van der Waals surface area contributed by atoms with Crippen LogP contribution in [-0.2, 0) is 9.53 Å². The summed E-state index contributed by atoms with van der Waals surface area (Å²) in [5, 5.41) is 3.05. The number of hydrogen-bond donors (Lipinski definition) is 2. The lowest BCUT2D eigenvalue weighted by atomic mass is 10.2. The number of aromatic nitrogens is 2. The molecule has 0 spiro atoms. The van der Waals surface area contributed by atoms with Crippen LogP contribution in [0, 0.1) is 0 Å². The molecule has 1 amide bonds. The smallest absolute Gasteiger partial charge is 0.338 e. The molecule has 1 aromatic heterocycles. The number of ether oxygens (including phenoxy) is 3. The minimum Gasteiger partial charge on any atom is -0.497 e. The first-order chi connectivity index (χ1) is 16.0. The fourth-order valence-electron chi connectivity index (χ4n) is 3.20. The SMILES string of the molecule is COc1ccc(-c2nc3ccc(C(=O)OCC(=O)Nc4cc(Cl)ccc4OC)cc3[nH]2)cc1. The van der Waals surface area contributed by atoms with Gasteiger partial charge in [0, 0.05) is 10.6 Å². The zero-order chi connectivity index (χ0) is 23.4. The summed E-state index contributed by atoms with van der Waals surface area (Å²) in [6.45, 7) is -0.466. The van der Waals surface area contributed by atoms with Crippen LogP contribution < -0.4 is 14.8 Å². The van der Waals surface area contributed by atoms with Crippen LogP contribution in [0.25, 0.3) is 22.4 Å². The first kappa shape index (κ1) is 22.2. The highest BCUT2D eigenvalue weighted by Crippen LogP contribution is 2.27. The Morgan fingerprint density at radius 1 is 1.00 bits per heavy atom. The van der Waals surface area contributed by atoms with Gasteiger partial charge in [-0.3, -0.25) is 4.79 Å². The Bertz CT molecular complexity index is 1320. The highest BCUT2D eigenvalue weighted by atomic mass is 35.5. The minimum atomic E-state index is -0.634. The van der Waals surface area contributed by atoms with Gasteiger partial charge in [0.1, 0.15) is 17.3 Å². The molecule has 8 nitrogen and oxygen atoms in total. The van der Waals surface area contributed by atoms with E-state index in [1.165, 1.54) is 7.11 Å². The number of aromatic amines is 1. The van der Waals surface area contributed by atoms with E-state index in [9.17, 15) is 9.59 Å². The van der Waals surface area contributed by atoms with E-state index in [0.717, 1.165) is 11.3 Å². The maximum absolute atomic E-state index is 12.5. The summed E-state index contributed by atoms with van der Waals surface area (Å²) in [6.07, 6.45) is 0. The molecule has 4 rings (SSSR count). The third kappa shape index (κ3) is 5.07. The van der Waals surface area contributed by atoms with Crippen molar-refractivity contribution >= 4 is 40.2 Å². The van der Waals surface area contributed by atoms with Crippen LogP contribution in [0.15, 0.2) is 60.7 Å². The number of esters is 1. The average Bonchev–Trinajstić information content (AvgIpc) is 3.26. The van der Waals surface area contributed by atoms with Gasteiger partial charge in [-0.05, 0) is 60.7 Å². The molecule has 3 aromatic carbocycles. The van der Waals surface area contributed by atoms with Gasteiger partial charge in [-0.15, -0.1) is 0 Å². The van der Waals surface area contributed by atoms with Crippen LogP contribution in [0.3, 0.4) is 0 Å². The summed E-state index contributed by atoms with van der Waals surface area (Å²) in [4.78, 5) is 32.5. The van der Waals surface area contributed by atoms with Crippen LogP contribution in [0.5, 0.6) is 11.5 Å². The Hall–Kier alpha value is -4.04. The lowest BCUT2D eigenvalue weighted by Gasteiger charge is -2.10. The van der Waals surface area contributed by atoms with Crippen molar-refractivity contribution < 1.29 is 23.8 Å². The first-order valence-corrected chi connectivity index (χ1v) is 10.3. The fraction of sp³-hybridized carbons (Fsp3) is 0.125. The lowest BCUT2D eigenvalue weighted by Crippen LogP contribution is -2.21. The van der Waals surface area contributed by atoms with Crippen molar-refractivity contribution in [1.82, 2.24) is 9.97 Å². The zero-order valence-electron chi connectivity index (χ0n) is 17.8. The van der Waals surface area contributed by atoms with Gasteiger partial charge in [-0.2, -0.15) is 0 Å². The number of nitrogens with zero attached hydrogens (tertiary/aromatic N) is 1. The number of halogens is 1. The number of carbonyl (C=O) groups is 2. The van der Waals surface area contributed by atoms with Crippen LogP contribution >= 0.6 is 11.6 Å². The number of fused-ring (bicyclic) bond motifs is 1. The second-order valence-electron chi connectivity index (χ2n) is 7.01. The van der Waals surface area contributed by atoms with E-state index in [2.05, 4.69) is 15.3 Å². The molecular weight excluding hydrogens is 446 g/mol. The van der Waals surface area contributed by atoms with E-state index < -0.39 is 18.5 Å². The molecule has 0 fully saturated rings. The highest BCUT2D eigenvalue weighted by Gasteiger charge is 2.14. The molecule has 0 atom stereocenters. The molecule has 0 saturated heterocycles. The summed E-state index contributed by atoms with van der Waals surface area (Å²) in [5.41, 5.74) is 2.92. The van der Waals surface area contributed by atoms with E-state index in [-0.39, 0.29) is 0 Å². The van der Waals surface area contributed by atoms with Crippen LogP contribution in [0.1, 0.15) is 10.4 Å². The maximum atomic E-state index is 12.5. The molecular formula is C24H20ClN3O5. The van der Waals surface area contributed by atoms with Crippen molar-refractivity contribution in [2.24, 2.45) is 0 Å². The number of imidazole rings is 1. The van der Waals surface area contributed by atoms with Crippen molar-refractivity contribution in [3.05, 3.63) is 71.2 Å². The molecule has 4 aromatic rings. The van der Waals surface area contributed by atoms with Crippen LogP contribution in [0.2, 0.25) is 5.02 Å². The van der Waals surface area contributed by atoms with Gasteiger partial charge in [-0.25, -0.2) is 9.78 Å². The van der Waals surface area contributed by atoms with Crippen molar-refractivity contribution in [1.29, 1.82) is 0 Å². The summed E-state index contributed by atoms with van der Waals surface area (Å²) < 4.78 is 15.5. The third-order valence-electron chi connectivity index (χ3n) is 4.85. The number of amides is 1. The van der Waals surface area contributed by atoms with Crippen LogP contribution in [0.4, 0.5) is 5.69 Å². The average molecular weight is 466 g/mol. The molecule has 0 aliphatic heterocycles. The number of rotatable bonds is 7. The molecule has 1 heterocycles. The molecule has 0 radical (unpaired) electrons. The number of benzene rings is 3. The zero-order valence-corrected chi connectivity index (χ0v) is 18.6. The van der Waals surface area contributed by atoms with E-state index in [4.69, 9.17) is 25.8 Å². The van der Waals surface area contributed by atoms with Gasteiger partial charge in [0.2, 0.25) is 0 Å². The number of H-pyrrole nitrogens is 1. The Labute approximate surface area is 194 Å². The third-order valence-corrected chi connectivity index (χ3v) is 5.09. The predicted octanol–water partition coefficient (Wildman–Crippen LogP) is 4.70.